The molecule has 4 aliphatic carbocycles. The Labute approximate surface area is 402 Å². The van der Waals surface area contributed by atoms with Crippen molar-refractivity contribution in [2.75, 3.05) is 45.7 Å². The number of carboxylic acid groups (broad SMARTS) is 1. The molecule has 0 saturated carbocycles. The smallest absolute Gasteiger partial charge is 0.354 e. The molecule has 4 aromatic rings. The second-order valence-corrected chi connectivity index (χ2v) is 21.6. The van der Waals surface area contributed by atoms with Crippen molar-refractivity contribution in [1.29, 1.82) is 0 Å². The third-order valence-electron chi connectivity index (χ3n) is 13.9. The summed E-state index contributed by atoms with van der Waals surface area (Å²) in [5.74, 6) is -2.19. The molecule has 20 nitrogen and oxygen atoms in total. The maximum atomic E-state index is 13.0. The number of carbonyl (C=O) groups excluding carboxylic acids is 3. The Morgan fingerprint density at radius 1 is 0.696 bits per heavy atom. The maximum absolute atomic E-state index is 13.0. The number of fused-ring (bicyclic) bond motifs is 4. The number of urea groups is 1. The van der Waals surface area contributed by atoms with Gasteiger partial charge >= 0.3 is 12.0 Å². The quantitative estimate of drug-likeness (QED) is 0.145. The monoisotopic (exact) mass is 991 g/mol. The van der Waals surface area contributed by atoms with Crippen LogP contribution in [0.5, 0.6) is 0 Å². The minimum atomic E-state index is -4.30. The van der Waals surface area contributed by atoms with Crippen LogP contribution in [0.15, 0.2) is 34.3 Å². The van der Waals surface area contributed by atoms with Gasteiger partial charge in [-0.1, -0.05) is 12.1 Å². The standard InChI is InChI=1S/C24H30N4O5S.C18H20N4O5S.C5H11NO/c1-27-21(24(30)28-10-9-17(14-28)33-2)13-23(25-27)34(31,32)26-22(29)12-20-18-7-3-5-15(18)11-16-6-4-8-19(16)20;1-22-14(17(23)24)9-15(20-22)28(26,27)21-18(25)19-16-12-6-2-4-10(12)8-11-5-3-7-13(11)16;1-7-5-2-3-6-4-5/h11,13,17H,3-10,12,14H2,1-2H3,(H,26,29);8-9H,2-7H2,1H3,(H,23,24)(H2,19,21,25);5-6H,2-4H2,1H3. The van der Waals surface area contributed by atoms with E-state index in [9.17, 15) is 36.0 Å². The van der Waals surface area contributed by atoms with Gasteiger partial charge in [0, 0.05) is 65.8 Å². The van der Waals surface area contributed by atoms with Gasteiger partial charge in [0.05, 0.1) is 18.6 Å². The highest BCUT2D eigenvalue weighted by molar-refractivity contribution is 7.90. The molecule has 2 aromatic heterocycles. The van der Waals surface area contributed by atoms with Crippen molar-refractivity contribution >= 4 is 49.5 Å². The summed E-state index contributed by atoms with van der Waals surface area (Å²) in [5, 5.41) is 21.8. The van der Waals surface area contributed by atoms with E-state index in [-0.39, 0.29) is 34.8 Å². The zero-order valence-corrected chi connectivity index (χ0v) is 41.1. The number of aromatic carboxylic acids is 1. The number of nitrogens with zero attached hydrogens (tertiary/aromatic N) is 5. The number of likely N-dealkylation sites (tertiary alicyclic amines) is 1. The van der Waals surface area contributed by atoms with E-state index in [0.717, 1.165) is 130 Å². The number of sulfonamides is 2. The lowest BCUT2D eigenvalue weighted by Gasteiger charge is -2.16. The number of hydrogen-bond acceptors (Lipinski definition) is 13. The van der Waals surface area contributed by atoms with Crippen molar-refractivity contribution in [3.63, 3.8) is 0 Å². The van der Waals surface area contributed by atoms with Crippen LogP contribution in [0.25, 0.3) is 0 Å². The number of amides is 4. The molecule has 0 bridgehead atoms. The molecule has 2 saturated heterocycles. The normalized spacial score (nSPS) is 18.9. The van der Waals surface area contributed by atoms with Crippen molar-refractivity contribution in [3.05, 3.63) is 85.7 Å². The molecule has 2 aliphatic heterocycles. The van der Waals surface area contributed by atoms with Gasteiger partial charge in [-0.2, -0.15) is 27.0 Å². The zero-order chi connectivity index (χ0) is 49.2. The second kappa shape index (κ2) is 20.7. The largest absolute Gasteiger partial charge is 0.477 e. The van der Waals surface area contributed by atoms with Gasteiger partial charge in [-0.05, 0) is 147 Å². The van der Waals surface area contributed by atoms with Crippen LogP contribution in [0.1, 0.15) is 110 Å². The van der Waals surface area contributed by atoms with Gasteiger partial charge in [0.1, 0.15) is 11.4 Å². The predicted octanol–water partition coefficient (Wildman–Crippen LogP) is 2.91. The first-order valence-electron chi connectivity index (χ1n) is 23.5. The number of aryl methyl sites for hydroxylation is 6. The van der Waals surface area contributed by atoms with Crippen LogP contribution in [0.4, 0.5) is 10.5 Å². The van der Waals surface area contributed by atoms with Gasteiger partial charge in [-0.3, -0.25) is 19.0 Å². The Balaban J connectivity index is 0.000000165. The number of methoxy groups -OCH3 is 2. The summed E-state index contributed by atoms with van der Waals surface area (Å²) in [6, 6.07) is 5.76. The van der Waals surface area contributed by atoms with Gasteiger partial charge < -0.3 is 30.1 Å². The van der Waals surface area contributed by atoms with E-state index in [1.54, 1.807) is 19.1 Å². The molecule has 2 fully saturated rings. The Kier molecular flexibility index (Phi) is 14.9. The Hall–Kier alpha value is -5.68. The van der Waals surface area contributed by atoms with E-state index in [4.69, 9.17) is 14.6 Å². The molecule has 10 rings (SSSR count). The lowest BCUT2D eigenvalue weighted by Crippen LogP contribution is -2.35. The zero-order valence-electron chi connectivity index (χ0n) is 39.5. The number of rotatable bonds is 11. The predicted molar refractivity (Wildman–Crippen MR) is 252 cm³/mol. The molecular formula is C47H61N9O11S2. The van der Waals surface area contributed by atoms with E-state index >= 15 is 0 Å². The molecule has 2 unspecified atom stereocenters. The van der Waals surface area contributed by atoms with Crippen LogP contribution in [-0.4, -0.2) is 123 Å². The lowest BCUT2D eigenvalue weighted by atomic mass is 9.92. The van der Waals surface area contributed by atoms with E-state index in [2.05, 4.69) is 37.7 Å². The second-order valence-electron chi connectivity index (χ2n) is 18.4. The van der Waals surface area contributed by atoms with Gasteiger partial charge in [-0.25, -0.2) is 19.0 Å². The molecule has 4 amide bonds. The van der Waals surface area contributed by atoms with Gasteiger partial charge in [-0.15, -0.1) is 0 Å². The molecule has 2 aromatic carbocycles. The number of ether oxygens (including phenoxy) is 2. The number of aromatic nitrogens is 4. The van der Waals surface area contributed by atoms with Crippen molar-refractivity contribution in [3.8, 4) is 0 Å². The average Bonchev–Trinajstić information content (AvgIpc) is 4.16. The molecule has 4 heterocycles. The van der Waals surface area contributed by atoms with Gasteiger partial charge in [0.2, 0.25) is 5.91 Å². The summed E-state index contributed by atoms with van der Waals surface area (Å²) in [7, 11) is -2.30. The molecule has 6 aliphatic rings. The van der Waals surface area contributed by atoms with Crippen LogP contribution >= 0.6 is 0 Å². The average molecular weight is 992 g/mol. The maximum Gasteiger partial charge on any atom is 0.354 e. The molecule has 2 atom stereocenters. The fraction of sp³-hybridized carbons (Fsp3) is 0.532. The van der Waals surface area contributed by atoms with Crippen molar-refractivity contribution in [2.24, 2.45) is 14.1 Å². The summed E-state index contributed by atoms with van der Waals surface area (Å²) in [6.45, 7) is 3.15. The SMILES string of the molecule is COC1CCN(C(=O)c2cc(S(=O)(=O)NC(=O)Cc3c4c(cc5c3CCC5)CCC4)nn2C)C1.COC1CCNC1.Cn1nc(S(=O)(=O)NC(=O)Nc2c3c(cc4c2CCC4)CCC3)cc1C(=O)O. The molecule has 0 radical (unpaired) electrons. The fourth-order valence-electron chi connectivity index (χ4n) is 10.5. The minimum absolute atomic E-state index is 0.0273. The molecule has 5 N–H and O–H groups in total. The first-order valence-corrected chi connectivity index (χ1v) is 26.5. The van der Waals surface area contributed by atoms with Crippen LogP contribution in [0.3, 0.4) is 0 Å². The molecule has 69 heavy (non-hydrogen) atoms. The topological polar surface area (TPSA) is 262 Å². The van der Waals surface area contributed by atoms with Crippen LogP contribution in [0.2, 0.25) is 0 Å². The molecule has 22 heteroatoms. The van der Waals surface area contributed by atoms with Crippen molar-refractivity contribution < 1.29 is 50.6 Å². The van der Waals surface area contributed by atoms with Crippen LogP contribution in [-0.2, 0) is 106 Å². The van der Waals surface area contributed by atoms with E-state index in [0.29, 0.717) is 19.2 Å². The summed E-state index contributed by atoms with van der Waals surface area (Å²) < 4.78 is 67.5. The highest BCUT2D eigenvalue weighted by Gasteiger charge is 2.33. The summed E-state index contributed by atoms with van der Waals surface area (Å²) in [5.41, 5.74) is 11.2. The Morgan fingerprint density at radius 2 is 1.20 bits per heavy atom. The molecule has 0 spiro atoms. The first-order chi connectivity index (χ1) is 33.0. The summed E-state index contributed by atoms with van der Waals surface area (Å²) >= 11 is 0. The van der Waals surface area contributed by atoms with E-state index < -0.39 is 43.0 Å². The van der Waals surface area contributed by atoms with Crippen LogP contribution in [0, 0.1) is 0 Å². The molecular weight excluding hydrogens is 931 g/mol. The lowest BCUT2D eigenvalue weighted by molar-refractivity contribution is -0.118. The van der Waals surface area contributed by atoms with Gasteiger partial charge in [0.15, 0.2) is 10.1 Å². The number of hydrogen-bond donors (Lipinski definition) is 5. The van der Waals surface area contributed by atoms with Crippen molar-refractivity contribution in [2.45, 2.75) is 119 Å². The van der Waals surface area contributed by atoms with Gasteiger partial charge in [0.25, 0.3) is 26.0 Å². The first kappa shape index (κ1) is 49.7. The third kappa shape index (κ3) is 10.9. The number of anilines is 1. The number of carbonyl (C=O) groups is 4. The summed E-state index contributed by atoms with van der Waals surface area (Å²) in [6.07, 6.45) is 14.1. The number of benzene rings is 2. The molecule has 372 valence electrons. The third-order valence-corrected chi connectivity index (χ3v) is 16.4. The Bertz CT molecular complexity index is 2820. The number of carboxylic acids is 1. The Morgan fingerprint density at radius 3 is 1.68 bits per heavy atom. The number of nitrogens with one attached hydrogen (secondary N) is 4. The highest BCUT2D eigenvalue weighted by atomic mass is 32.2. The van der Waals surface area contributed by atoms with E-state index in [1.165, 1.54) is 64.6 Å². The van der Waals surface area contributed by atoms with Crippen LogP contribution < -0.4 is 20.1 Å². The van der Waals surface area contributed by atoms with Crippen molar-refractivity contribution in [1.82, 2.24) is 39.2 Å². The minimum Gasteiger partial charge on any atom is -0.477 e. The highest BCUT2D eigenvalue weighted by Crippen LogP contribution is 2.39. The van der Waals surface area contributed by atoms with E-state index in [1.807, 2.05) is 4.72 Å². The fourth-order valence-corrected chi connectivity index (χ4v) is 12.3. The summed E-state index contributed by atoms with van der Waals surface area (Å²) in [4.78, 5) is 51.0.